The molecule has 2 rings (SSSR count). The highest BCUT2D eigenvalue weighted by atomic mass is 15.3. The molecule has 2 aromatic rings. The Kier molecular flexibility index (Phi) is 2.55. The average molecular weight is 188 g/mol. The van der Waals surface area contributed by atoms with Crippen LogP contribution in [0, 0.1) is 0 Å². The number of hydrogen-bond donors (Lipinski definition) is 1. The Labute approximate surface area is 82.6 Å². The molecule has 1 N–H and O–H groups in total. The fourth-order valence-electron chi connectivity index (χ4n) is 1.41. The molecule has 1 heterocycles. The predicted molar refractivity (Wildman–Crippen MR) is 54.1 cm³/mol. The highest BCUT2D eigenvalue weighted by Gasteiger charge is 2.02. The maximum atomic E-state index is 4.11. The Balaban J connectivity index is 2.42. The van der Waals surface area contributed by atoms with Gasteiger partial charge < -0.3 is 5.32 Å². The lowest BCUT2D eigenvalue weighted by atomic mass is 10.2. The molecule has 4 nitrogen and oxygen atoms in total. The molecule has 4 heteroatoms. The largest absolute Gasteiger partial charge is 0.316 e. The topological polar surface area (TPSA) is 42.7 Å². The molecule has 0 aliphatic carbocycles. The van der Waals surface area contributed by atoms with E-state index in [2.05, 4.69) is 21.5 Å². The molecule has 0 unspecified atom stereocenters. The zero-order chi connectivity index (χ0) is 9.80. The quantitative estimate of drug-likeness (QED) is 0.781. The van der Waals surface area contributed by atoms with Gasteiger partial charge in [-0.15, -0.1) is 0 Å². The minimum atomic E-state index is 0.829. The van der Waals surface area contributed by atoms with Gasteiger partial charge in [0.15, 0.2) is 0 Å². The van der Waals surface area contributed by atoms with Crippen LogP contribution in [0.2, 0.25) is 0 Å². The average Bonchev–Trinajstić information content (AvgIpc) is 2.72. The molecule has 0 aliphatic heterocycles. The van der Waals surface area contributed by atoms with E-state index in [-0.39, 0.29) is 0 Å². The van der Waals surface area contributed by atoms with Crippen molar-refractivity contribution >= 4 is 0 Å². The second-order valence-corrected chi connectivity index (χ2v) is 3.00. The highest BCUT2D eigenvalue weighted by molar-refractivity contribution is 5.39. The molecule has 0 bridgehead atoms. The lowest BCUT2D eigenvalue weighted by Crippen LogP contribution is -2.09. The molecular weight excluding hydrogens is 176 g/mol. The molecule has 1 aromatic heterocycles. The first-order valence-electron chi connectivity index (χ1n) is 4.49. The summed E-state index contributed by atoms with van der Waals surface area (Å²) in [5.41, 5.74) is 2.28. The standard InChI is InChI=1S/C10H12N4/c1-11-6-9-4-2-3-5-10(9)14-8-12-7-13-14/h2-5,7-8,11H,6H2,1H3. The predicted octanol–water partition coefficient (Wildman–Crippen LogP) is 0.987. The number of para-hydroxylation sites is 1. The smallest absolute Gasteiger partial charge is 0.138 e. The van der Waals surface area contributed by atoms with Gasteiger partial charge in [-0.1, -0.05) is 18.2 Å². The van der Waals surface area contributed by atoms with E-state index in [4.69, 9.17) is 0 Å². The van der Waals surface area contributed by atoms with Crippen LogP contribution in [0.5, 0.6) is 0 Å². The van der Waals surface area contributed by atoms with Gasteiger partial charge in [0.05, 0.1) is 5.69 Å². The van der Waals surface area contributed by atoms with Crippen LogP contribution in [-0.4, -0.2) is 21.8 Å². The van der Waals surface area contributed by atoms with Crippen molar-refractivity contribution in [2.45, 2.75) is 6.54 Å². The van der Waals surface area contributed by atoms with Crippen molar-refractivity contribution in [1.29, 1.82) is 0 Å². The number of rotatable bonds is 3. The number of nitrogens with zero attached hydrogens (tertiary/aromatic N) is 3. The molecule has 0 saturated carbocycles. The first kappa shape index (κ1) is 8.90. The maximum absolute atomic E-state index is 4.11. The van der Waals surface area contributed by atoms with Gasteiger partial charge in [-0.25, -0.2) is 9.67 Å². The van der Waals surface area contributed by atoms with Crippen LogP contribution in [0.4, 0.5) is 0 Å². The number of nitrogens with one attached hydrogen (secondary N) is 1. The van der Waals surface area contributed by atoms with Crippen molar-refractivity contribution < 1.29 is 0 Å². The summed E-state index contributed by atoms with van der Waals surface area (Å²) in [6, 6.07) is 8.12. The van der Waals surface area contributed by atoms with E-state index in [9.17, 15) is 0 Å². The third-order valence-corrected chi connectivity index (χ3v) is 2.02. The highest BCUT2D eigenvalue weighted by Crippen LogP contribution is 2.11. The van der Waals surface area contributed by atoms with Gasteiger partial charge in [-0.3, -0.25) is 0 Å². The van der Waals surface area contributed by atoms with Crippen LogP contribution in [0.15, 0.2) is 36.9 Å². The van der Waals surface area contributed by atoms with E-state index in [1.54, 1.807) is 11.0 Å². The fraction of sp³-hybridized carbons (Fsp3) is 0.200. The number of hydrogen-bond acceptors (Lipinski definition) is 3. The summed E-state index contributed by atoms with van der Waals surface area (Å²) in [6.45, 7) is 0.829. The van der Waals surface area contributed by atoms with Gasteiger partial charge >= 0.3 is 0 Å². The summed E-state index contributed by atoms with van der Waals surface area (Å²) in [6.07, 6.45) is 3.24. The van der Waals surface area contributed by atoms with Crippen molar-refractivity contribution in [3.63, 3.8) is 0 Å². The summed E-state index contributed by atoms with van der Waals surface area (Å²) in [5.74, 6) is 0. The van der Waals surface area contributed by atoms with Crippen molar-refractivity contribution in [3.05, 3.63) is 42.5 Å². The van der Waals surface area contributed by atoms with E-state index in [1.165, 1.54) is 11.9 Å². The van der Waals surface area contributed by atoms with Gasteiger partial charge in [0.25, 0.3) is 0 Å². The SMILES string of the molecule is CNCc1ccccc1-n1cncn1. The zero-order valence-corrected chi connectivity index (χ0v) is 8.01. The lowest BCUT2D eigenvalue weighted by Gasteiger charge is -2.07. The Morgan fingerprint density at radius 3 is 2.93 bits per heavy atom. The molecule has 0 fully saturated rings. The Bertz CT molecular complexity index is 394. The molecule has 72 valence electrons. The van der Waals surface area contributed by atoms with E-state index < -0.39 is 0 Å². The maximum Gasteiger partial charge on any atom is 0.138 e. The molecular formula is C10H12N4. The van der Waals surface area contributed by atoms with Crippen molar-refractivity contribution in [2.24, 2.45) is 0 Å². The third kappa shape index (κ3) is 1.65. The van der Waals surface area contributed by atoms with Crippen LogP contribution in [0.1, 0.15) is 5.56 Å². The van der Waals surface area contributed by atoms with Gasteiger partial charge in [-0.2, -0.15) is 5.10 Å². The molecule has 0 saturated heterocycles. The Morgan fingerprint density at radius 1 is 1.36 bits per heavy atom. The van der Waals surface area contributed by atoms with Crippen molar-refractivity contribution in [3.8, 4) is 5.69 Å². The molecule has 0 aliphatic rings. The van der Waals surface area contributed by atoms with E-state index in [0.29, 0.717) is 0 Å². The molecule has 14 heavy (non-hydrogen) atoms. The van der Waals surface area contributed by atoms with Crippen molar-refractivity contribution in [2.75, 3.05) is 7.05 Å². The van der Waals surface area contributed by atoms with Gasteiger partial charge in [0.1, 0.15) is 12.7 Å². The first-order valence-corrected chi connectivity index (χ1v) is 4.49. The van der Waals surface area contributed by atoms with E-state index in [1.807, 2.05) is 25.2 Å². The second kappa shape index (κ2) is 4.02. The summed E-state index contributed by atoms with van der Waals surface area (Å²) in [7, 11) is 1.93. The van der Waals surface area contributed by atoms with Crippen LogP contribution in [0.3, 0.4) is 0 Å². The molecule has 0 spiro atoms. The third-order valence-electron chi connectivity index (χ3n) is 2.02. The first-order chi connectivity index (χ1) is 6.92. The summed E-state index contributed by atoms with van der Waals surface area (Å²) >= 11 is 0. The summed E-state index contributed by atoms with van der Waals surface area (Å²) in [4.78, 5) is 3.93. The van der Waals surface area contributed by atoms with E-state index in [0.717, 1.165) is 12.2 Å². The number of benzene rings is 1. The van der Waals surface area contributed by atoms with Crippen LogP contribution in [-0.2, 0) is 6.54 Å². The molecule has 1 aromatic carbocycles. The minimum Gasteiger partial charge on any atom is -0.316 e. The lowest BCUT2D eigenvalue weighted by molar-refractivity contribution is 0.788. The van der Waals surface area contributed by atoms with Gasteiger partial charge in [0, 0.05) is 6.54 Å². The van der Waals surface area contributed by atoms with Crippen LogP contribution >= 0.6 is 0 Å². The summed E-state index contributed by atoms with van der Waals surface area (Å²) < 4.78 is 1.77. The van der Waals surface area contributed by atoms with Crippen LogP contribution in [0.25, 0.3) is 5.69 Å². The minimum absolute atomic E-state index is 0.829. The second-order valence-electron chi connectivity index (χ2n) is 3.00. The fourth-order valence-corrected chi connectivity index (χ4v) is 1.41. The molecule has 0 amide bonds. The molecule has 0 radical (unpaired) electrons. The van der Waals surface area contributed by atoms with Crippen LogP contribution < -0.4 is 5.32 Å². The number of aromatic nitrogens is 3. The van der Waals surface area contributed by atoms with Gasteiger partial charge in [0.2, 0.25) is 0 Å². The monoisotopic (exact) mass is 188 g/mol. The van der Waals surface area contributed by atoms with Crippen molar-refractivity contribution in [1.82, 2.24) is 20.1 Å². The zero-order valence-electron chi connectivity index (χ0n) is 8.01. The molecule has 0 atom stereocenters. The van der Waals surface area contributed by atoms with Gasteiger partial charge in [-0.05, 0) is 18.7 Å². The Morgan fingerprint density at radius 2 is 2.21 bits per heavy atom. The normalized spacial score (nSPS) is 10.4. The van der Waals surface area contributed by atoms with E-state index >= 15 is 0 Å². The summed E-state index contributed by atoms with van der Waals surface area (Å²) in [5, 5.41) is 7.23. The Hall–Kier alpha value is -1.68.